The molecule has 0 aliphatic carbocycles. The van der Waals surface area contributed by atoms with E-state index in [1.807, 2.05) is 0 Å². The van der Waals surface area contributed by atoms with Gasteiger partial charge in [0.05, 0.1) is 19.8 Å². The highest BCUT2D eigenvalue weighted by Gasteiger charge is 2.40. The zero-order valence-corrected chi connectivity index (χ0v) is 8.00. The van der Waals surface area contributed by atoms with Crippen molar-refractivity contribution in [2.24, 2.45) is 0 Å². The average molecular weight is 208 g/mol. The lowest BCUT2D eigenvalue weighted by Gasteiger charge is -2.22. The van der Waals surface area contributed by atoms with Gasteiger partial charge in [0.1, 0.15) is 24.4 Å². The van der Waals surface area contributed by atoms with E-state index in [0.29, 0.717) is 6.61 Å². The van der Waals surface area contributed by atoms with Gasteiger partial charge in [-0.3, -0.25) is 0 Å². The quantitative estimate of drug-likeness (QED) is 0.374. The Morgan fingerprint density at radius 2 is 2.21 bits per heavy atom. The zero-order chi connectivity index (χ0) is 10.6. The van der Waals surface area contributed by atoms with Gasteiger partial charge in [0.2, 0.25) is 0 Å². The maximum absolute atomic E-state index is 9.44. The molecule has 1 aliphatic rings. The molecule has 1 rings (SSSR count). The van der Waals surface area contributed by atoms with Gasteiger partial charge in [-0.1, -0.05) is 0 Å². The molecule has 84 valence electrons. The Bertz CT molecular complexity index is 164. The Morgan fingerprint density at radius 1 is 1.50 bits per heavy atom. The van der Waals surface area contributed by atoms with Crippen LogP contribution in [-0.4, -0.2) is 59.6 Å². The Morgan fingerprint density at radius 3 is 2.64 bits per heavy atom. The molecule has 1 saturated heterocycles. The minimum absolute atomic E-state index is 0.0395. The van der Waals surface area contributed by atoms with Crippen LogP contribution in [0.3, 0.4) is 0 Å². The predicted octanol–water partition coefficient (Wildman–Crippen LogP) is -1.56. The fourth-order valence-electron chi connectivity index (χ4n) is 1.30. The Kier molecular flexibility index (Phi) is 4.73. The summed E-state index contributed by atoms with van der Waals surface area (Å²) in [5.41, 5.74) is 0. The smallest absolute Gasteiger partial charge is 0.145 e. The molecule has 0 spiro atoms. The number of aliphatic hydroxyl groups is 3. The van der Waals surface area contributed by atoms with E-state index in [1.54, 1.807) is 6.92 Å². The molecular formula is C8H16O6. The third-order valence-electron chi connectivity index (χ3n) is 2.05. The molecule has 14 heavy (non-hydrogen) atoms. The van der Waals surface area contributed by atoms with Crippen molar-refractivity contribution in [1.29, 1.82) is 0 Å². The molecule has 6 nitrogen and oxygen atoms in total. The van der Waals surface area contributed by atoms with Gasteiger partial charge < -0.3 is 20.1 Å². The summed E-state index contributed by atoms with van der Waals surface area (Å²) in [7, 11) is 0. The second-order valence-corrected chi connectivity index (χ2v) is 3.08. The minimum atomic E-state index is -1.05. The molecular weight excluding hydrogens is 192 g/mol. The van der Waals surface area contributed by atoms with Gasteiger partial charge in [-0.2, -0.15) is 0 Å². The van der Waals surface area contributed by atoms with E-state index >= 15 is 0 Å². The first kappa shape index (κ1) is 11.8. The average Bonchev–Trinajstić information content (AvgIpc) is 2.51. The molecule has 0 amide bonds. The van der Waals surface area contributed by atoms with Gasteiger partial charge in [0.25, 0.3) is 0 Å². The minimum Gasteiger partial charge on any atom is -0.393 e. The second-order valence-electron chi connectivity index (χ2n) is 3.08. The summed E-state index contributed by atoms with van der Waals surface area (Å²) in [6.07, 6.45) is -3.50. The van der Waals surface area contributed by atoms with E-state index in [0.717, 1.165) is 0 Å². The molecule has 0 radical (unpaired) electrons. The van der Waals surface area contributed by atoms with Crippen molar-refractivity contribution >= 4 is 0 Å². The first-order valence-corrected chi connectivity index (χ1v) is 4.57. The van der Waals surface area contributed by atoms with Crippen LogP contribution >= 0.6 is 0 Å². The van der Waals surface area contributed by atoms with Crippen molar-refractivity contribution in [3.63, 3.8) is 0 Å². The summed E-state index contributed by atoms with van der Waals surface area (Å²) in [4.78, 5) is 9.45. The van der Waals surface area contributed by atoms with Crippen LogP contribution in [0.5, 0.6) is 0 Å². The molecule has 6 heteroatoms. The molecule has 0 bridgehead atoms. The highest BCUT2D eigenvalue weighted by atomic mass is 17.2. The van der Waals surface area contributed by atoms with Crippen LogP contribution in [-0.2, 0) is 14.5 Å². The van der Waals surface area contributed by atoms with Gasteiger partial charge in [0.15, 0.2) is 0 Å². The number of aliphatic hydroxyl groups excluding tert-OH is 3. The number of hydrogen-bond acceptors (Lipinski definition) is 6. The van der Waals surface area contributed by atoms with Gasteiger partial charge in [-0.25, -0.2) is 9.78 Å². The van der Waals surface area contributed by atoms with Crippen molar-refractivity contribution in [2.45, 2.75) is 31.3 Å². The fourth-order valence-corrected chi connectivity index (χ4v) is 1.30. The number of hydrogen-bond donors (Lipinski definition) is 3. The van der Waals surface area contributed by atoms with Crippen LogP contribution in [0.1, 0.15) is 6.92 Å². The molecule has 0 aromatic heterocycles. The van der Waals surface area contributed by atoms with Gasteiger partial charge in [0, 0.05) is 0 Å². The summed E-state index contributed by atoms with van der Waals surface area (Å²) in [6.45, 7) is 1.77. The van der Waals surface area contributed by atoms with Gasteiger partial charge >= 0.3 is 0 Å². The molecule has 0 aromatic carbocycles. The highest BCUT2D eigenvalue weighted by molar-refractivity contribution is 4.87. The Hall–Kier alpha value is -0.240. The van der Waals surface area contributed by atoms with E-state index < -0.39 is 24.4 Å². The fraction of sp³-hybridized carbons (Fsp3) is 1.00. The van der Waals surface area contributed by atoms with Crippen LogP contribution in [0.2, 0.25) is 0 Å². The van der Waals surface area contributed by atoms with Crippen LogP contribution in [0, 0.1) is 0 Å². The Labute approximate surface area is 81.9 Å². The monoisotopic (exact) mass is 208 g/mol. The van der Waals surface area contributed by atoms with Crippen LogP contribution in [0.25, 0.3) is 0 Å². The zero-order valence-electron chi connectivity index (χ0n) is 8.00. The summed E-state index contributed by atoms with van der Waals surface area (Å²) < 4.78 is 5.06. The third-order valence-corrected chi connectivity index (χ3v) is 2.05. The van der Waals surface area contributed by atoms with Crippen LogP contribution in [0.4, 0.5) is 0 Å². The predicted molar refractivity (Wildman–Crippen MR) is 45.3 cm³/mol. The Balaban J connectivity index is 2.43. The third kappa shape index (κ3) is 2.63. The maximum atomic E-state index is 9.44. The molecule has 0 saturated carbocycles. The largest absolute Gasteiger partial charge is 0.393 e. The molecule has 4 atom stereocenters. The van der Waals surface area contributed by atoms with E-state index in [4.69, 9.17) is 14.7 Å². The maximum Gasteiger partial charge on any atom is 0.145 e. The first-order chi connectivity index (χ1) is 6.70. The number of ether oxygens (including phenoxy) is 1. The topological polar surface area (TPSA) is 88.4 Å². The lowest BCUT2D eigenvalue weighted by Crippen LogP contribution is -2.42. The van der Waals surface area contributed by atoms with E-state index in [9.17, 15) is 10.2 Å². The number of rotatable bonds is 5. The van der Waals surface area contributed by atoms with E-state index in [2.05, 4.69) is 4.89 Å². The molecule has 1 fully saturated rings. The SMILES string of the molecule is CCOO[C@H](CO)[C@H]1OC[C@H](O)[C@H]1O. The van der Waals surface area contributed by atoms with E-state index in [-0.39, 0.29) is 13.2 Å². The summed E-state index contributed by atoms with van der Waals surface area (Å²) >= 11 is 0. The first-order valence-electron chi connectivity index (χ1n) is 4.57. The van der Waals surface area contributed by atoms with Crippen molar-refractivity contribution < 1.29 is 29.8 Å². The lowest BCUT2D eigenvalue weighted by atomic mass is 10.1. The van der Waals surface area contributed by atoms with Crippen molar-refractivity contribution in [1.82, 2.24) is 0 Å². The van der Waals surface area contributed by atoms with E-state index in [1.165, 1.54) is 0 Å². The van der Waals surface area contributed by atoms with Gasteiger partial charge in [-0.05, 0) is 6.92 Å². The molecule has 0 unspecified atom stereocenters. The van der Waals surface area contributed by atoms with Crippen molar-refractivity contribution in [2.75, 3.05) is 19.8 Å². The van der Waals surface area contributed by atoms with Crippen molar-refractivity contribution in [3.05, 3.63) is 0 Å². The normalized spacial score (nSPS) is 34.7. The molecule has 3 N–H and O–H groups in total. The molecule has 1 heterocycles. The lowest BCUT2D eigenvalue weighted by molar-refractivity contribution is -0.343. The van der Waals surface area contributed by atoms with Crippen LogP contribution in [0.15, 0.2) is 0 Å². The summed E-state index contributed by atoms with van der Waals surface area (Å²) in [6, 6.07) is 0. The molecule has 0 aromatic rings. The highest BCUT2D eigenvalue weighted by Crippen LogP contribution is 2.19. The second kappa shape index (κ2) is 5.59. The van der Waals surface area contributed by atoms with Crippen LogP contribution < -0.4 is 0 Å². The summed E-state index contributed by atoms with van der Waals surface area (Å²) in [5.74, 6) is 0. The van der Waals surface area contributed by atoms with Crippen molar-refractivity contribution in [3.8, 4) is 0 Å². The molecule has 1 aliphatic heterocycles. The van der Waals surface area contributed by atoms with Gasteiger partial charge in [-0.15, -0.1) is 0 Å². The standard InChI is InChI=1S/C8H16O6/c1-2-13-14-6(3-9)8-7(11)5(10)4-12-8/h5-11H,2-4H2,1H3/t5-,6+,7+,8+/m0/s1. The summed E-state index contributed by atoms with van der Waals surface area (Å²) in [5, 5.41) is 27.6.